The van der Waals surface area contributed by atoms with Gasteiger partial charge in [-0.2, -0.15) is 0 Å². The molecule has 3 aliphatic rings. The van der Waals surface area contributed by atoms with Crippen molar-refractivity contribution in [3.63, 3.8) is 0 Å². The van der Waals surface area contributed by atoms with E-state index >= 15 is 0 Å². The van der Waals surface area contributed by atoms with E-state index in [1.165, 1.54) is 24.0 Å². The number of fused-ring (bicyclic) bond motifs is 1. The van der Waals surface area contributed by atoms with Gasteiger partial charge in [0.25, 0.3) is 5.91 Å². The van der Waals surface area contributed by atoms with Crippen LogP contribution in [0.25, 0.3) is 0 Å². The second kappa shape index (κ2) is 5.48. The summed E-state index contributed by atoms with van der Waals surface area (Å²) in [4.78, 5) is 24.5. The lowest BCUT2D eigenvalue weighted by atomic mass is 10.0. The first-order chi connectivity index (χ1) is 10.7. The molecule has 1 saturated heterocycles. The molecule has 2 fully saturated rings. The molecule has 2 unspecified atom stereocenters. The van der Waals surface area contributed by atoms with Gasteiger partial charge in [-0.1, -0.05) is 12.1 Å². The Bertz CT molecular complexity index is 624. The molecular weight excluding hydrogens is 278 g/mol. The fourth-order valence-corrected chi connectivity index (χ4v) is 3.55. The van der Waals surface area contributed by atoms with Crippen LogP contribution in [0, 0.1) is 5.92 Å². The quantitative estimate of drug-likeness (QED) is 0.575. The van der Waals surface area contributed by atoms with Crippen molar-refractivity contribution in [1.29, 1.82) is 0 Å². The van der Waals surface area contributed by atoms with Crippen molar-refractivity contribution >= 4 is 11.7 Å². The van der Waals surface area contributed by atoms with E-state index in [0.717, 1.165) is 31.6 Å². The Balaban J connectivity index is 1.38. The van der Waals surface area contributed by atoms with Gasteiger partial charge < -0.3 is 5.32 Å². The number of amides is 1. The van der Waals surface area contributed by atoms with Gasteiger partial charge in [0.15, 0.2) is 0 Å². The molecule has 2 atom stereocenters. The molecule has 3 N–H and O–H groups in total. The zero-order chi connectivity index (χ0) is 15.1. The third-order valence-corrected chi connectivity index (χ3v) is 5.00. The Hall–Kier alpha value is -1.72. The molecule has 22 heavy (non-hydrogen) atoms. The first-order valence-corrected chi connectivity index (χ1v) is 8.19. The van der Waals surface area contributed by atoms with Gasteiger partial charge in [-0.3, -0.25) is 15.0 Å². The Labute approximate surface area is 129 Å². The molecule has 1 saturated carbocycles. The largest absolute Gasteiger partial charge is 0.333 e. The molecule has 4 rings (SSSR count). The van der Waals surface area contributed by atoms with Crippen molar-refractivity contribution in [3.8, 4) is 0 Å². The normalized spacial score (nSPS) is 26.7. The number of hydrazine groups is 1. The van der Waals surface area contributed by atoms with E-state index in [9.17, 15) is 9.59 Å². The summed E-state index contributed by atoms with van der Waals surface area (Å²) in [6, 6.07) is 6.07. The van der Waals surface area contributed by atoms with Crippen LogP contribution >= 0.6 is 0 Å². The fraction of sp³-hybridized carbons (Fsp3) is 0.529. The molecule has 0 spiro atoms. The van der Waals surface area contributed by atoms with Crippen molar-refractivity contribution in [2.45, 2.75) is 50.7 Å². The van der Waals surface area contributed by atoms with Gasteiger partial charge in [-0.25, -0.2) is 5.43 Å². The summed E-state index contributed by atoms with van der Waals surface area (Å²) < 4.78 is 0. The van der Waals surface area contributed by atoms with Crippen LogP contribution in [-0.4, -0.2) is 23.9 Å². The highest BCUT2D eigenvalue weighted by atomic mass is 16.2. The summed E-state index contributed by atoms with van der Waals surface area (Å²) in [6.45, 7) is 0. The lowest BCUT2D eigenvalue weighted by Gasteiger charge is -2.11. The smallest absolute Gasteiger partial charge is 0.293 e. The van der Waals surface area contributed by atoms with Crippen LogP contribution in [0.2, 0.25) is 0 Å². The lowest BCUT2D eigenvalue weighted by Crippen LogP contribution is -2.46. The molecule has 1 heterocycles. The standard InChI is InChI=1S/C17H21N3O2/c21-16(13-7-4-10-2-1-3-12(10)8-13)17(22)18-15-9-14(19-20-15)11-5-6-11/h4,7-8,11,14-15,19-20H,1-3,5-6,9H2,(H,18,22). The lowest BCUT2D eigenvalue weighted by molar-refractivity contribution is -0.117. The molecule has 5 nitrogen and oxygen atoms in total. The number of ketones is 1. The van der Waals surface area contributed by atoms with E-state index < -0.39 is 11.7 Å². The minimum absolute atomic E-state index is 0.156. The third kappa shape index (κ3) is 2.66. The average Bonchev–Trinajstić information content (AvgIpc) is 3.09. The summed E-state index contributed by atoms with van der Waals surface area (Å²) >= 11 is 0. The monoisotopic (exact) mass is 299 g/mol. The Morgan fingerprint density at radius 3 is 2.73 bits per heavy atom. The zero-order valence-corrected chi connectivity index (χ0v) is 12.5. The number of carbonyl (C=O) groups is 2. The molecule has 5 heteroatoms. The van der Waals surface area contributed by atoms with E-state index in [4.69, 9.17) is 0 Å². The number of nitrogens with one attached hydrogen (secondary N) is 3. The summed E-state index contributed by atoms with van der Waals surface area (Å²) in [7, 11) is 0. The third-order valence-electron chi connectivity index (χ3n) is 5.00. The van der Waals surface area contributed by atoms with Gasteiger partial charge in [0.05, 0.1) is 6.17 Å². The molecule has 1 aromatic rings. The summed E-state index contributed by atoms with van der Waals surface area (Å²) in [6.07, 6.45) is 6.43. The van der Waals surface area contributed by atoms with Gasteiger partial charge in [0.2, 0.25) is 5.78 Å². The summed E-state index contributed by atoms with van der Waals surface area (Å²) in [5.41, 5.74) is 9.31. The number of aryl methyl sites for hydroxylation is 2. The molecule has 1 aromatic carbocycles. The van der Waals surface area contributed by atoms with E-state index in [1.54, 1.807) is 6.07 Å². The van der Waals surface area contributed by atoms with Crippen LogP contribution in [-0.2, 0) is 17.6 Å². The maximum Gasteiger partial charge on any atom is 0.293 e. The first-order valence-electron chi connectivity index (χ1n) is 8.19. The number of hydrogen-bond donors (Lipinski definition) is 3. The van der Waals surface area contributed by atoms with E-state index in [1.807, 2.05) is 12.1 Å². The zero-order valence-electron chi connectivity index (χ0n) is 12.5. The van der Waals surface area contributed by atoms with E-state index in [2.05, 4.69) is 16.2 Å². The number of Topliss-reactive ketones (excluding diaryl/α,β-unsaturated/α-hetero) is 1. The molecule has 0 aromatic heterocycles. The molecular formula is C17H21N3O2. The highest BCUT2D eigenvalue weighted by Crippen LogP contribution is 2.35. The molecule has 0 bridgehead atoms. The SMILES string of the molecule is O=C(NC1CC(C2CC2)NN1)C(=O)c1ccc2c(c1)CCC2. The second-order valence-electron chi connectivity index (χ2n) is 6.66. The summed E-state index contributed by atoms with van der Waals surface area (Å²) in [5.74, 6) is -0.234. The minimum atomic E-state index is -0.520. The Kier molecular flexibility index (Phi) is 3.47. The van der Waals surface area contributed by atoms with Crippen LogP contribution < -0.4 is 16.2 Å². The maximum atomic E-state index is 12.3. The first kappa shape index (κ1) is 13.9. The predicted octanol–water partition coefficient (Wildman–Crippen LogP) is 1.08. The highest BCUT2D eigenvalue weighted by Gasteiger charge is 2.37. The topological polar surface area (TPSA) is 70.2 Å². The van der Waals surface area contributed by atoms with Crippen molar-refractivity contribution < 1.29 is 9.59 Å². The van der Waals surface area contributed by atoms with Gasteiger partial charge in [0, 0.05) is 11.6 Å². The molecule has 0 radical (unpaired) electrons. The molecule has 2 aliphatic carbocycles. The molecule has 1 amide bonds. The van der Waals surface area contributed by atoms with Crippen LogP contribution in [0.1, 0.15) is 47.2 Å². The highest BCUT2D eigenvalue weighted by molar-refractivity contribution is 6.42. The van der Waals surface area contributed by atoms with Gasteiger partial charge in [-0.15, -0.1) is 0 Å². The van der Waals surface area contributed by atoms with Gasteiger partial charge in [-0.05, 0) is 61.6 Å². The molecule has 116 valence electrons. The van der Waals surface area contributed by atoms with Crippen molar-refractivity contribution in [2.24, 2.45) is 5.92 Å². The van der Waals surface area contributed by atoms with Crippen LogP contribution in [0.15, 0.2) is 18.2 Å². The number of hydrogen-bond acceptors (Lipinski definition) is 4. The minimum Gasteiger partial charge on any atom is -0.333 e. The Morgan fingerprint density at radius 2 is 1.91 bits per heavy atom. The van der Waals surface area contributed by atoms with Crippen LogP contribution in [0.4, 0.5) is 0 Å². The van der Waals surface area contributed by atoms with E-state index in [-0.39, 0.29) is 6.17 Å². The van der Waals surface area contributed by atoms with Crippen molar-refractivity contribution in [3.05, 3.63) is 34.9 Å². The molecule has 1 aliphatic heterocycles. The number of rotatable bonds is 4. The van der Waals surface area contributed by atoms with Crippen LogP contribution in [0.5, 0.6) is 0 Å². The van der Waals surface area contributed by atoms with Crippen molar-refractivity contribution in [1.82, 2.24) is 16.2 Å². The Morgan fingerprint density at radius 1 is 1.09 bits per heavy atom. The maximum absolute atomic E-state index is 12.3. The van der Waals surface area contributed by atoms with Crippen molar-refractivity contribution in [2.75, 3.05) is 0 Å². The average molecular weight is 299 g/mol. The number of benzene rings is 1. The predicted molar refractivity (Wildman–Crippen MR) is 82.1 cm³/mol. The fourth-order valence-electron chi connectivity index (χ4n) is 3.55. The van der Waals surface area contributed by atoms with E-state index in [0.29, 0.717) is 11.6 Å². The van der Waals surface area contributed by atoms with Crippen LogP contribution in [0.3, 0.4) is 0 Å². The number of carbonyl (C=O) groups excluding carboxylic acids is 2. The van der Waals surface area contributed by atoms with Gasteiger partial charge in [0.1, 0.15) is 0 Å². The summed E-state index contributed by atoms with van der Waals surface area (Å²) in [5, 5.41) is 2.80. The second-order valence-corrected chi connectivity index (χ2v) is 6.66. The van der Waals surface area contributed by atoms with Gasteiger partial charge >= 0.3 is 0 Å².